The summed E-state index contributed by atoms with van der Waals surface area (Å²) in [6.45, 7) is 4.43. The van der Waals surface area contributed by atoms with Gasteiger partial charge in [-0.25, -0.2) is 4.98 Å². The molecule has 1 aliphatic carbocycles. The summed E-state index contributed by atoms with van der Waals surface area (Å²) in [6.07, 6.45) is 7.27. The number of nitrogens with one attached hydrogen (secondary N) is 1. The number of ether oxygens (including phenoxy) is 2. The maximum absolute atomic E-state index is 13.6. The van der Waals surface area contributed by atoms with Crippen LogP contribution in [0.4, 0.5) is 0 Å². The predicted octanol–water partition coefficient (Wildman–Crippen LogP) is 2.90. The van der Waals surface area contributed by atoms with Crippen LogP contribution in [0, 0.1) is 0 Å². The SMILES string of the molecule is CC(Sc1nc2sc3c(c2c(=O)n1CC1CCCO1)CCC3)C(=O)NCC1CCCO1. The van der Waals surface area contributed by atoms with Crippen molar-refractivity contribution in [2.45, 2.75) is 81.0 Å². The Hall–Kier alpha value is -1.42. The maximum Gasteiger partial charge on any atom is 0.263 e. The van der Waals surface area contributed by atoms with Crippen LogP contribution in [-0.2, 0) is 33.7 Å². The van der Waals surface area contributed by atoms with Gasteiger partial charge in [0.1, 0.15) is 4.83 Å². The molecule has 2 aliphatic heterocycles. The summed E-state index contributed by atoms with van der Waals surface area (Å²) in [5.41, 5.74) is 1.21. The number of rotatable bonds is 7. The van der Waals surface area contributed by atoms with Gasteiger partial charge < -0.3 is 14.8 Å². The third-order valence-electron chi connectivity index (χ3n) is 6.38. The number of fused-ring (bicyclic) bond motifs is 3. The molecule has 0 bridgehead atoms. The van der Waals surface area contributed by atoms with Crippen LogP contribution in [0.5, 0.6) is 0 Å². The van der Waals surface area contributed by atoms with E-state index in [4.69, 9.17) is 14.5 Å². The Morgan fingerprint density at radius 2 is 2.00 bits per heavy atom. The number of thiophene rings is 1. The van der Waals surface area contributed by atoms with Crippen molar-refractivity contribution in [1.82, 2.24) is 14.9 Å². The Labute approximate surface area is 189 Å². The molecule has 2 aromatic heterocycles. The van der Waals surface area contributed by atoms with Gasteiger partial charge in [0.2, 0.25) is 5.91 Å². The first kappa shape index (κ1) is 21.4. The predicted molar refractivity (Wildman–Crippen MR) is 122 cm³/mol. The topological polar surface area (TPSA) is 82.5 Å². The third kappa shape index (κ3) is 4.42. The maximum atomic E-state index is 13.6. The van der Waals surface area contributed by atoms with E-state index in [9.17, 15) is 9.59 Å². The molecular formula is C22H29N3O4S2. The van der Waals surface area contributed by atoms with Gasteiger partial charge in [-0.2, -0.15) is 0 Å². The molecule has 7 nitrogen and oxygen atoms in total. The van der Waals surface area contributed by atoms with E-state index < -0.39 is 0 Å². The van der Waals surface area contributed by atoms with Gasteiger partial charge in [0.05, 0.1) is 29.4 Å². The molecule has 3 aliphatic rings. The fourth-order valence-electron chi connectivity index (χ4n) is 4.68. The number of aryl methyl sites for hydroxylation is 2. The molecule has 5 rings (SSSR count). The molecule has 2 saturated heterocycles. The number of thioether (sulfide) groups is 1. The lowest BCUT2D eigenvalue weighted by molar-refractivity contribution is -0.120. The van der Waals surface area contributed by atoms with Crippen LogP contribution in [0.15, 0.2) is 9.95 Å². The highest BCUT2D eigenvalue weighted by molar-refractivity contribution is 8.00. The molecule has 9 heteroatoms. The van der Waals surface area contributed by atoms with Crippen molar-refractivity contribution >= 4 is 39.2 Å². The van der Waals surface area contributed by atoms with Crippen LogP contribution >= 0.6 is 23.1 Å². The summed E-state index contributed by atoms with van der Waals surface area (Å²) in [4.78, 5) is 33.2. The summed E-state index contributed by atoms with van der Waals surface area (Å²) >= 11 is 3.01. The Bertz CT molecular complexity index is 1020. The van der Waals surface area contributed by atoms with Gasteiger partial charge in [-0.3, -0.25) is 14.2 Å². The van der Waals surface area contributed by atoms with Crippen molar-refractivity contribution in [2.75, 3.05) is 19.8 Å². The Balaban J connectivity index is 1.40. The second-order valence-electron chi connectivity index (χ2n) is 8.62. The average molecular weight is 464 g/mol. The van der Waals surface area contributed by atoms with Crippen molar-refractivity contribution in [1.29, 1.82) is 0 Å². The highest BCUT2D eigenvalue weighted by atomic mass is 32.2. The quantitative estimate of drug-likeness (QED) is 0.502. The van der Waals surface area contributed by atoms with Gasteiger partial charge in [-0.15, -0.1) is 11.3 Å². The second-order valence-corrected chi connectivity index (χ2v) is 11.0. The number of carbonyl (C=O) groups excluding carboxylic acids is 1. The highest BCUT2D eigenvalue weighted by Crippen LogP contribution is 2.36. The lowest BCUT2D eigenvalue weighted by Gasteiger charge is -2.18. The third-order valence-corrected chi connectivity index (χ3v) is 8.66. The van der Waals surface area contributed by atoms with E-state index in [-0.39, 0.29) is 28.9 Å². The molecule has 4 heterocycles. The summed E-state index contributed by atoms with van der Waals surface area (Å²) in [7, 11) is 0. The zero-order valence-electron chi connectivity index (χ0n) is 17.9. The van der Waals surface area contributed by atoms with E-state index in [1.807, 2.05) is 6.92 Å². The summed E-state index contributed by atoms with van der Waals surface area (Å²) in [6, 6.07) is 0. The van der Waals surface area contributed by atoms with Crippen molar-refractivity contribution in [3.05, 3.63) is 20.8 Å². The van der Waals surface area contributed by atoms with E-state index in [1.54, 1.807) is 15.9 Å². The monoisotopic (exact) mass is 463 g/mol. The van der Waals surface area contributed by atoms with Crippen molar-refractivity contribution < 1.29 is 14.3 Å². The van der Waals surface area contributed by atoms with E-state index in [0.717, 1.165) is 68.4 Å². The van der Waals surface area contributed by atoms with Gasteiger partial charge >= 0.3 is 0 Å². The molecule has 2 aromatic rings. The van der Waals surface area contributed by atoms with Crippen LogP contribution in [0.2, 0.25) is 0 Å². The van der Waals surface area contributed by atoms with Crippen LogP contribution in [-0.4, -0.2) is 52.7 Å². The molecule has 168 valence electrons. The van der Waals surface area contributed by atoms with Crippen LogP contribution < -0.4 is 10.9 Å². The lowest BCUT2D eigenvalue weighted by Crippen LogP contribution is -2.37. The van der Waals surface area contributed by atoms with E-state index in [0.29, 0.717) is 18.2 Å². The number of carbonyl (C=O) groups is 1. The summed E-state index contributed by atoms with van der Waals surface area (Å²) < 4.78 is 13.2. The first-order valence-electron chi connectivity index (χ1n) is 11.3. The van der Waals surface area contributed by atoms with E-state index in [2.05, 4.69) is 5.32 Å². The van der Waals surface area contributed by atoms with Crippen molar-refractivity contribution in [3.8, 4) is 0 Å². The molecule has 0 aromatic carbocycles. The van der Waals surface area contributed by atoms with Crippen molar-refractivity contribution in [3.63, 3.8) is 0 Å². The van der Waals surface area contributed by atoms with E-state index >= 15 is 0 Å². The minimum atomic E-state index is -0.353. The zero-order chi connectivity index (χ0) is 21.4. The molecule has 1 N–H and O–H groups in total. The van der Waals surface area contributed by atoms with Crippen LogP contribution in [0.25, 0.3) is 10.2 Å². The molecule has 0 saturated carbocycles. The summed E-state index contributed by atoms with van der Waals surface area (Å²) in [5, 5.41) is 4.05. The first-order chi connectivity index (χ1) is 15.1. The molecule has 3 atom stereocenters. The van der Waals surface area contributed by atoms with Crippen molar-refractivity contribution in [2.24, 2.45) is 0 Å². The second kappa shape index (κ2) is 9.21. The highest BCUT2D eigenvalue weighted by Gasteiger charge is 2.27. The van der Waals surface area contributed by atoms with Gasteiger partial charge in [0, 0.05) is 24.6 Å². The minimum Gasteiger partial charge on any atom is -0.376 e. The molecule has 1 amide bonds. The molecule has 3 unspecified atom stereocenters. The van der Waals surface area contributed by atoms with Gasteiger partial charge in [-0.05, 0) is 57.4 Å². The number of hydrogen-bond donors (Lipinski definition) is 1. The lowest BCUT2D eigenvalue weighted by atomic mass is 10.2. The zero-order valence-corrected chi connectivity index (χ0v) is 19.5. The Morgan fingerprint density at radius 3 is 2.74 bits per heavy atom. The number of amides is 1. The summed E-state index contributed by atoms with van der Waals surface area (Å²) in [5.74, 6) is -0.0489. The molecule has 0 radical (unpaired) electrons. The number of nitrogens with zero attached hydrogens (tertiary/aromatic N) is 2. The fraction of sp³-hybridized carbons (Fsp3) is 0.682. The van der Waals surface area contributed by atoms with Gasteiger partial charge in [0.25, 0.3) is 5.56 Å². The Kier molecular flexibility index (Phi) is 6.37. The smallest absolute Gasteiger partial charge is 0.263 e. The standard InChI is InChI=1S/C22H29N3O4S2/c1-13(19(26)23-11-14-5-3-9-28-14)30-22-24-20-18(16-7-2-8-17(16)31-20)21(27)25(22)12-15-6-4-10-29-15/h13-15H,2-12H2,1H3,(H,23,26). The largest absolute Gasteiger partial charge is 0.376 e. The molecular weight excluding hydrogens is 434 g/mol. The molecule has 2 fully saturated rings. The minimum absolute atomic E-state index is 0.0226. The molecule has 0 spiro atoms. The fourth-order valence-corrected chi connectivity index (χ4v) is 6.92. The van der Waals surface area contributed by atoms with Crippen LogP contribution in [0.3, 0.4) is 0 Å². The van der Waals surface area contributed by atoms with Gasteiger partial charge in [-0.1, -0.05) is 11.8 Å². The van der Waals surface area contributed by atoms with E-state index in [1.165, 1.54) is 22.2 Å². The molecule has 31 heavy (non-hydrogen) atoms. The number of aromatic nitrogens is 2. The average Bonchev–Trinajstić information content (AvgIpc) is 3.54. The Morgan fingerprint density at radius 1 is 1.23 bits per heavy atom. The van der Waals surface area contributed by atoms with Crippen LogP contribution in [0.1, 0.15) is 49.5 Å². The van der Waals surface area contributed by atoms with Gasteiger partial charge in [0.15, 0.2) is 5.16 Å². The first-order valence-corrected chi connectivity index (χ1v) is 13.0. The number of hydrogen-bond acceptors (Lipinski definition) is 7. The normalized spacial score (nSPS) is 24.0.